The van der Waals surface area contributed by atoms with E-state index in [1.165, 1.54) is 0 Å². The van der Waals surface area contributed by atoms with Gasteiger partial charge in [-0.2, -0.15) is 0 Å². The lowest BCUT2D eigenvalue weighted by molar-refractivity contribution is -0.132. The number of nitrogens with one attached hydrogen (secondary N) is 1. The Kier molecular flexibility index (Phi) is 3.89. The van der Waals surface area contributed by atoms with Crippen LogP contribution in [0.5, 0.6) is 0 Å². The number of hydrogen-bond acceptors (Lipinski definition) is 2. The van der Waals surface area contributed by atoms with Gasteiger partial charge in [0.05, 0.1) is 6.42 Å². The van der Waals surface area contributed by atoms with Crippen molar-refractivity contribution < 1.29 is 4.79 Å². The summed E-state index contributed by atoms with van der Waals surface area (Å²) in [7, 11) is 0. The molecule has 102 valence electrons. The van der Waals surface area contributed by atoms with Gasteiger partial charge in [0.25, 0.3) is 0 Å². The van der Waals surface area contributed by atoms with Crippen LogP contribution in [0.15, 0.2) is 28.7 Å². The SMILES string of the molecule is O=C(Cc1ccc(Br)cc1)N1CCC2CNCC2C1. The molecule has 2 aliphatic heterocycles. The van der Waals surface area contributed by atoms with E-state index < -0.39 is 0 Å². The second-order valence-electron chi connectivity index (χ2n) is 5.61. The van der Waals surface area contributed by atoms with Gasteiger partial charge in [0.2, 0.25) is 5.91 Å². The number of fused-ring (bicyclic) bond motifs is 1. The fraction of sp³-hybridized carbons (Fsp3) is 0.533. The van der Waals surface area contributed by atoms with Crippen molar-refractivity contribution in [3.8, 4) is 0 Å². The first-order valence-corrected chi connectivity index (χ1v) is 7.74. The number of carbonyl (C=O) groups excluding carboxylic acids is 1. The Bertz CT molecular complexity index is 460. The highest BCUT2D eigenvalue weighted by atomic mass is 79.9. The summed E-state index contributed by atoms with van der Waals surface area (Å²) in [6.07, 6.45) is 1.68. The maximum atomic E-state index is 12.3. The van der Waals surface area contributed by atoms with E-state index in [2.05, 4.69) is 26.1 Å². The minimum atomic E-state index is 0.271. The molecule has 1 aromatic rings. The Hall–Kier alpha value is -0.870. The van der Waals surface area contributed by atoms with Gasteiger partial charge < -0.3 is 10.2 Å². The van der Waals surface area contributed by atoms with Crippen LogP contribution in [-0.4, -0.2) is 37.0 Å². The van der Waals surface area contributed by atoms with Crippen molar-refractivity contribution in [1.29, 1.82) is 0 Å². The minimum absolute atomic E-state index is 0.271. The summed E-state index contributed by atoms with van der Waals surface area (Å²) in [5, 5.41) is 3.44. The Morgan fingerprint density at radius 1 is 1.26 bits per heavy atom. The lowest BCUT2D eigenvalue weighted by Gasteiger charge is -2.34. The summed E-state index contributed by atoms with van der Waals surface area (Å²) in [6, 6.07) is 8.03. The number of carbonyl (C=O) groups is 1. The monoisotopic (exact) mass is 322 g/mol. The van der Waals surface area contributed by atoms with Crippen molar-refractivity contribution in [1.82, 2.24) is 10.2 Å². The summed E-state index contributed by atoms with van der Waals surface area (Å²) in [5.41, 5.74) is 1.10. The van der Waals surface area contributed by atoms with E-state index in [4.69, 9.17) is 0 Å². The molecule has 0 aliphatic carbocycles. The predicted molar refractivity (Wildman–Crippen MR) is 78.9 cm³/mol. The number of rotatable bonds is 2. The number of nitrogens with zero attached hydrogens (tertiary/aromatic N) is 1. The first-order chi connectivity index (χ1) is 9.22. The third-order valence-corrected chi connectivity index (χ3v) is 4.85. The topological polar surface area (TPSA) is 32.3 Å². The van der Waals surface area contributed by atoms with Gasteiger partial charge in [0.15, 0.2) is 0 Å². The maximum absolute atomic E-state index is 12.3. The van der Waals surface area contributed by atoms with Crippen molar-refractivity contribution in [2.24, 2.45) is 11.8 Å². The molecule has 0 saturated carbocycles. The third kappa shape index (κ3) is 3.00. The zero-order valence-corrected chi connectivity index (χ0v) is 12.5. The van der Waals surface area contributed by atoms with Crippen LogP contribution in [0.3, 0.4) is 0 Å². The summed E-state index contributed by atoms with van der Waals surface area (Å²) < 4.78 is 1.06. The largest absolute Gasteiger partial charge is 0.342 e. The van der Waals surface area contributed by atoms with E-state index >= 15 is 0 Å². The standard InChI is InChI=1S/C15H19BrN2O/c16-14-3-1-11(2-4-14)7-15(19)18-6-5-12-8-17-9-13(12)10-18/h1-4,12-13,17H,5-10H2. The van der Waals surface area contributed by atoms with Crippen molar-refractivity contribution in [2.75, 3.05) is 26.2 Å². The Labute approximate surface area is 122 Å². The number of benzene rings is 1. The molecule has 3 rings (SSSR count). The van der Waals surface area contributed by atoms with Gasteiger partial charge in [0, 0.05) is 17.6 Å². The van der Waals surface area contributed by atoms with Crippen LogP contribution in [-0.2, 0) is 11.2 Å². The lowest BCUT2D eigenvalue weighted by Crippen LogP contribution is -2.44. The second-order valence-corrected chi connectivity index (χ2v) is 6.53. The molecule has 1 aromatic carbocycles. The van der Waals surface area contributed by atoms with Crippen LogP contribution in [0, 0.1) is 11.8 Å². The van der Waals surface area contributed by atoms with Crippen molar-refractivity contribution in [3.63, 3.8) is 0 Å². The molecule has 1 N–H and O–H groups in total. The predicted octanol–water partition coefficient (Wildman–Crippen LogP) is 2.06. The summed E-state index contributed by atoms with van der Waals surface area (Å²) in [5.74, 6) is 1.73. The first kappa shape index (κ1) is 13.1. The molecule has 19 heavy (non-hydrogen) atoms. The molecule has 0 radical (unpaired) electrons. The van der Waals surface area contributed by atoms with E-state index in [0.29, 0.717) is 12.3 Å². The first-order valence-electron chi connectivity index (χ1n) is 6.95. The third-order valence-electron chi connectivity index (χ3n) is 4.33. The average Bonchev–Trinajstić information content (AvgIpc) is 2.88. The quantitative estimate of drug-likeness (QED) is 0.904. The zero-order valence-electron chi connectivity index (χ0n) is 10.9. The molecule has 3 nitrogen and oxygen atoms in total. The van der Waals surface area contributed by atoms with E-state index in [9.17, 15) is 4.79 Å². The van der Waals surface area contributed by atoms with Gasteiger partial charge in [-0.25, -0.2) is 0 Å². The summed E-state index contributed by atoms with van der Waals surface area (Å²) in [6.45, 7) is 4.08. The normalized spacial score (nSPS) is 26.3. The molecule has 2 aliphatic rings. The van der Waals surface area contributed by atoms with Crippen molar-refractivity contribution >= 4 is 21.8 Å². The molecule has 0 aromatic heterocycles. The van der Waals surface area contributed by atoms with E-state index in [-0.39, 0.29) is 5.91 Å². The summed E-state index contributed by atoms with van der Waals surface area (Å²) in [4.78, 5) is 14.4. The van der Waals surface area contributed by atoms with Gasteiger partial charge in [0.1, 0.15) is 0 Å². The van der Waals surface area contributed by atoms with Crippen LogP contribution >= 0.6 is 15.9 Å². The molecular weight excluding hydrogens is 304 g/mol. The van der Waals surface area contributed by atoms with Gasteiger partial charge in [-0.15, -0.1) is 0 Å². The van der Waals surface area contributed by atoms with Gasteiger partial charge in [-0.05, 0) is 49.0 Å². The smallest absolute Gasteiger partial charge is 0.226 e. The highest BCUT2D eigenvalue weighted by Gasteiger charge is 2.34. The van der Waals surface area contributed by atoms with Gasteiger partial charge in [-0.3, -0.25) is 4.79 Å². The molecule has 2 atom stereocenters. The van der Waals surface area contributed by atoms with E-state index in [0.717, 1.165) is 48.6 Å². The molecule has 2 heterocycles. The van der Waals surface area contributed by atoms with Crippen LogP contribution in [0.2, 0.25) is 0 Å². The number of likely N-dealkylation sites (tertiary alicyclic amines) is 1. The number of piperidine rings is 1. The lowest BCUT2D eigenvalue weighted by atomic mass is 9.88. The van der Waals surface area contributed by atoms with Crippen LogP contribution in [0.25, 0.3) is 0 Å². The molecular formula is C15H19BrN2O. The molecule has 0 bridgehead atoms. The molecule has 0 spiro atoms. The average molecular weight is 323 g/mol. The molecule has 1 amide bonds. The van der Waals surface area contributed by atoms with Crippen LogP contribution in [0.1, 0.15) is 12.0 Å². The fourth-order valence-corrected chi connectivity index (χ4v) is 3.41. The van der Waals surface area contributed by atoms with E-state index in [1.54, 1.807) is 0 Å². The van der Waals surface area contributed by atoms with Gasteiger partial charge >= 0.3 is 0 Å². The molecule has 2 unspecified atom stereocenters. The Morgan fingerprint density at radius 3 is 2.79 bits per heavy atom. The second kappa shape index (κ2) is 5.63. The minimum Gasteiger partial charge on any atom is -0.342 e. The van der Waals surface area contributed by atoms with Crippen LogP contribution in [0.4, 0.5) is 0 Å². The number of hydrogen-bond donors (Lipinski definition) is 1. The highest BCUT2D eigenvalue weighted by Crippen LogP contribution is 2.26. The molecule has 2 fully saturated rings. The van der Waals surface area contributed by atoms with E-state index in [1.807, 2.05) is 24.3 Å². The number of amides is 1. The van der Waals surface area contributed by atoms with Crippen molar-refractivity contribution in [2.45, 2.75) is 12.8 Å². The number of halogens is 1. The summed E-state index contributed by atoms with van der Waals surface area (Å²) >= 11 is 3.42. The van der Waals surface area contributed by atoms with Gasteiger partial charge in [-0.1, -0.05) is 28.1 Å². The Morgan fingerprint density at radius 2 is 2.00 bits per heavy atom. The van der Waals surface area contributed by atoms with Crippen LogP contribution < -0.4 is 5.32 Å². The highest BCUT2D eigenvalue weighted by molar-refractivity contribution is 9.10. The fourth-order valence-electron chi connectivity index (χ4n) is 3.15. The van der Waals surface area contributed by atoms with Crippen molar-refractivity contribution in [3.05, 3.63) is 34.3 Å². The zero-order chi connectivity index (χ0) is 13.2. The Balaban J connectivity index is 1.59. The molecule has 2 saturated heterocycles. The maximum Gasteiger partial charge on any atom is 0.226 e. The molecule has 4 heteroatoms.